The van der Waals surface area contributed by atoms with E-state index >= 15 is 0 Å². The molecule has 0 radical (unpaired) electrons. The summed E-state index contributed by atoms with van der Waals surface area (Å²) in [5.74, 6) is -8.72. The molecule has 14 heteroatoms. The molecule has 4 heterocycles. The second-order valence-electron chi connectivity index (χ2n) is 12.6. The summed E-state index contributed by atoms with van der Waals surface area (Å²) in [7, 11) is 2.57. The lowest BCUT2D eigenvalue weighted by atomic mass is 9.74. The average molecular weight is 659 g/mol. The monoisotopic (exact) mass is 658 g/mol. The Morgan fingerprint density at radius 2 is 1.00 bits per heavy atom. The van der Waals surface area contributed by atoms with E-state index in [-0.39, 0.29) is 80.0 Å². The van der Waals surface area contributed by atoms with E-state index in [1.54, 1.807) is 0 Å². The number of fused-ring (bicyclic) bond motifs is 6. The van der Waals surface area contributed by atoms with Gasteiger partial charge in [0.25, 0.3) is 0 Å². The summed E-state index contributed by atoms with van der Waals surface area (Å²) >= 11 is 0. The number of aliphatic hydroxyl groups is 2. The zero-order valence-corrected chi connectivity index (χ0v) is 25.8. The number of methoxy groups -OCH3 is 2. The lowest BCUT2D eigenvalue weighted by molar-refractivity contribution is -0.206. The molecule has 14 nitrogen and oxygen atoms in total. The van der Waals surface area contributed by atoms with Crippen molar-refractivity contribution in [3.05, 3.63) is 68.8 Å². The molecule has 2 aliphatic carbocycles. The summed E-state index contributed by atoms with van der Waals surface area (Å²) < 4.78 is 33.1. The molecule has 0 saturated carbocycles. The Kier molecular flexibility index (Phi) is 6.17. The highest BCUT2D eigenvalue weighted by atomic mass is 16.7. The van der Waals surface area contributed by atoms with Gasteiger partial charge in [0.05, 0.1) is 60.5 Å². The van der Waals surface area contributed by atoms with Crippen molar-refractivity contribution in [1.82, 2.24) is 0 Å². The summed E-state index contributed by atoms with van der Waals surface area (Å²) in [4.78, 5) is 80.5. The van der Waals surface area contributed by atoms with Crippen LogP contribution < -0.4 is 9.47 Å². The first-order valence-electron chi connectivity index (χ1n) is 15.0. The lowest BCUT2D eigenvalue weighted by Gasteiger charge is -2.40. The van der Waals surface area contributed by atoms with Crippen molar-refractivity contribution in [1.29, 1.82) is 0 Å². The summed E-state index contributed by atoms with van der Waals surface area (Å²) in [5, 5.41) is 22.3. The summed E-state index contributed by atoms with van der Waals surface area (Å²) in [5.41, 5.74) is -1.09. The standard InChI is InChI=1S/C34H26O14/c1-33(41)25-23(31-17(47-33)9-19(35)45-31)27(37)13-5-11(7-15(43-3)21(13)29(25)39)12-6-14-22(16(8-12)44-4)30(40)26-24(28(14)38)32-18(10-20(36)46-32)48-34(26,2)42/h5-8,17-18,31-32,41-42H,9-10H2,1-4H3/t17-,18+,31+,32-,33-,34-/m0/s1. The van der Waals surface area contributed by atoms with Crippen molar-refractivity contribution in [2.75, 3.05) is 14.2 Å². The molecule has 2 fully saturated rings. The van der Waals surface area contributed by atoms with Crippen molar-refractivity contribution in [2.24, 2.45) is 0 Å². The third-order valence-corrected chi connectivity index (χ3v) is 9.59. The lowest BCUT2D eigenvalue weighted by Crippen LogP contribution is -2.51. The van der Waals surface area contributed by atoms with E-state index in [1.165, 1.54) is 52.3 Å². The van der Waals surface area contributed by atoms with Crippen LogP contribution in [0.25, 0.3) is 11.1 Å². The van der Waals surface area contributed by atoms with Crippen LogP contribution in [0.4, 0.5) is 0 Å². The first-order chi connectivity index (χ1) is 22.7. The quantitative estimate of drug-likeness (QED) is 0.451. The van der Waals surface area contributed by atoms with Crippen LogP contribution in [0.1, 0.15) is 68.1 Å². The first kappa shape index (κ1) is 30.3. The summed E-state index contributed by atoms with van der Waals surface area (Å²) in [6.45, 7) is 2.42. The van der Waals surface area contributed by atoms with Gasteiger partial charge in [-0.15, -0.1) is 0 Å². The molecule has 8 rings (SSSR count). The number of carbonyl (C=O) groups is 6. The van der Waals surface area contributed by atoms with Crippen molar-refractivity contribution >= 4 is 35.1 Å². The minimum atomic E-state index is -2.20. The second kappa shape index (κ2) is 9.76. The fourth-order valence-electron chi connectivity index (χ4n) is 7.67. The Morgan fingerprint density at radius 1 is 0.625 bits per heavy atom. The molecule has 2 N–H and O–H groups in total. The van der Waals surface area contributed by atoms with E-state index in [9.17, 15) is 39.0 Å². The van der Waals surface area contributed by atoms with Crippen LogP contribution in [-0.4, -0.2) is 95.5 Å². The van der Waals surface area contributed by atoms with E-state index in [4.69, 9.17) is 28.4 Å². The molecule has 246 valence electrons. The van der Waals surface area contributed by atoms with Gasteiger partial charge in [-0.3, -0.25) is 28.8 Å². The van der Waals surface area contributed by atoms with E-state index < -0.39 is 71.1 Å². The molecule has 2 saturated heterocycles. The van der Waals surface area contributed by atoms with Crippen LogP contribution in [0.5, 0.6) is 11.5 Å². The zero-order valence-electron chi connectivity index (χ0n) is 25.8. The number of Topliss-reactive ketones (excluding diaryl/α,β-unsaturated/α-hetero) is 4. The van der Waals surface area contributed by atoms with Crippen LogP contribution >= 0.6 is 0 Å². The molecule has 2 aromatic carbocycles. The smallest absolute Gasteiger partial charge is 0.309 e. The molecule has 0 amide bonds. The zero-order chi connectivity index (χ0) is 34.2. The topological polar surface area (TPSA) is 198 Å². The molecule has 6 aliphatic rings. The van der Waals surface area contributed by atoms with Crippen molar-refractivity contribution < 1.29 is 67.4 Å². The number of benzene rings is 2. The Morgan fingerprint density at radius 3 is 1.35 bits per heavy atom. The Hall–Kier alpha value is -5.02. The Balaban J connectivity index is 1.29. The van der Waals surface area contributed by atoms with Crippen molar-refractivity contribution in [2.45, 2.75) is 62.7 Å². The maximum Gasteiger partial charge on any atom is 0.309 e. The van der Waals surface area contributed by atoms with Gasteiger partial charge in [-0.1, -0.05) is 0 Å². The fraction of sp³-hybridized carbons (Fsp3) is 0.353. The van der Waals surface area contributed by atoms with Crippen LogP contribution in [0.15, 0.2) is 46.6 Å². The largest absolute Gasteiger partial charge is 0.496 e. The van der Waals surface area contributed by atoms with Gasteiger partial charge in [-0.2, -0.15) is 0 Å². The minimum Gasteiger partial charge on any atom is -0.496 e. The highest BCUT2D eigenvalue weighted by Crippen LogP contribution is 2.49. The van der Waals surface area contributed by atoms with Crippen LogP contribution in [-0.2, 0) is 28.5 Å². The van der Waals surface area contributed by atoms with Gasteiger partial charge in [0, 0.05) is 11.1 Å². The number of rotatable bonds is 3. The maximum absolute atomic E-state index is 14.2. The number of ether oxygens (including phenoxy) is 6. The number of hydrogen-bond acceptors (Lipinski definition) is 14. The normalized spacial score (nSPS) is 31.8. The van der Waals surface area contributed by atoms with Gasteiger partial charge in [0.15, 0.2) is 46.9 Å². The van der Waals surface area contributed by atoms with Gasteiger partial charge in [0.1, 0.15) is 23.7 Å². The number of esters is 2. The van der Waals surface area contributed by atoms with Gasteiger partial charge in [-0.25, -0.2) is 0 Å². The second-order valence-corrected chi connectivity index (χ2v) is 12.6. The van der Waals surface area contributed by atoms with E-state index in [2.05, 4.69) is 0 Å². The molecule has 0 unspecified atom stereocenters. The summed E-state index contributed by atoms with van der Waals surface area (Å²) in [6, 6.07) is 5.68. The first-order valence-corrected chi connectivity index (χ1v) is 15.0. The van der Waals surface area contributed by atoms with Crippen molar-refractivity contribution in [3.8, 4) is 22.6 Å². The maximum atomic E-state index is 14.2. The molecule has 4 aliphatic heterocycles. The van der Waals surface area contributed by atoms with Gasteiger partial charge in [-0.05, 0) is 49.2 Å². The molecule has 0 bridgehead atoms. The van der Waals surface area contributed by atoms with Crippen LogP contribution in [0, 0.1) is 0 Å². The van der Waals surface area contributed by atoms with Gasteiger partial charge < -0.3 is 38.6 Å². The Bertz CT molecular complexity index is 1900. The average Bonchev–Trinajstić information content (AvgIpc) is 3.58. The number of carbonyl (C=O) groups excluding carboxylic acids is 6. The van der Waals surface area contributed by atoms with E-state index in [1.807, 2.05) is 0 Å². The highest BCUT2D eigenvalue weighted by Gasteiger charge is 2.58. The molecular weight excluding hydrogens is 632 g/mol. The SMILES string of the molecule is COc1cc(-c2cc(OC)c3c(c2)C(=O)C2=C(C3=O)[C@@](C)(O)O[C@H]3CC(=O)O[C@@H]23)cc2c1C(=O)C1=C(C2=O)[C@H]2OC(=O)C[C@H]2O[C@]1(C)O. The number of ketones is 4. The minimum absolute atomic E-state index is 0.0426. The predicted molar refractivity (Wildman–Crippen MR) is 156 cm³/mol. The van der Waals surface area contributed by atoms with Crippen LogP contribution in [0.3, 0.4) is 0 Å². The third kappa shape index (κ3) is 3.94. The molecule has 48 heavy (non-hydrogen) atoms. The van der Waals surface area contributed by atoms with Crippen molar-refractivity contribution in [3.63, 3.8) is 0 Å². The highest BCUT2D eigenvalue weighted by molar-refractivity contribution is 6.31. The fourth-order valence-corrected chi connectivity index (χ4v) is 7.67. The third-order valence-electron chi connectivity index (χ3n) is 9.59. The predicted octanol–water partition coefficient (Wildman–Crippen LogP) is 1.57. The molecular formula is C34H26O14. The summed E-state index contributed by atoms with van der Waals surface area (Å²) in [6.07, 6.45) is -4.87. The molecule has 0 spiro atoms. The van der Waals surface area contributed by atoms with Crippen LogP contribution in [0.2, 0.25) is 0 Å². The van der Waals surface area contributed by atoms with E-state index in [0.717, 1.165) is 0 Å². The molecule has 0 aromatic heterocycles. The Labute approximate surface area is 270 Å². The van der Waals surface area contributed by atoms with E-state index in [0.29, 0.717) is 0 Å². The molecule has 2 aromatic rings. The van der Waals surface area contributed by atoms with Gasteiger partial charge in [0.2, 0.25) is 0 Å². The number of hydrogen-bond donors (Lipinski definition) is 2. The molecule has 6 atom stereocenters. The van der Waals surface area contributed by atoms with Gasteiger partial charge >= 0.3 is 11.9 Å².